The first kappa shape index (κ1) is 20.0. The van der Waals surface area contributed by atoms with Crippen molar-refractivity contribution >= 4 is 21.5 Å². The summed E-state index contributed by atoms with van der Waals surface area (Å²) in [5.74, 6) is -1.40. The fourth-order valence-electron chi connectivity index (χ4n) is 4.06. The van der Waals surface area contributed by atoms with Gasteiger partial charge in [-0.1, -0.05) is 0 Å². The topological polar surface area (TPSA) is 65.5 Å². The number of halogens is 2. The van der Waals surface area contributed by atoms with Gasteiger partial charge in [-0.2, -0.15) is 0 Å². The maximum Gasteiger partial charge on any atom is 0.263 e. The predicted octanol–water partition coefficient (Wildman–Crippen LogP) is 3.23. The molecule has 0 bridgehead atoms. The molecule has 0 spiro atoms. The Hall–Kier alpha value is -2.26. The number of pyridine rings is 1. The van der Waals surface area contributed by atoms with E-state index in [2.05, 4.69) is 19.5 Å². The van der Waals surface area contributed by atoms with Crippen molar-refractivity contribution in [3.8, 4) is 0 Å². The molecule has 29 heavy (non-hydrogen) atoms. The molecule has 1 N–H and O–H groups in total. The number of sulfonamides is 1. The molecule has 2 aliphatic heterocycles. The highest BCUT2D eigenvalue weighted by Gasteiger charge is 2.27. The van der Waals surface area contributed by atoms with Crippen LogP contribution in [0.25, 0.3) is 0 Å². The highest BCUT2D eigenvalue weighted by molar-refractivity contribution is 7.92. The standard InChI is InChI=1S/C20H24F2N4O2S/c21-18-5-3-15(13-19(18)22)24-29(27,28)17-4-6-20(23-14-17)26-11-7-16(8-12-26)25-9-1-2-10-25/h3-6,13-14,16,24H,1-2,7-12H2. The van der Waals surface area contributed by atoms with Crippen LogP contribution >= 0.6 is 0 Å². The summed E-state index contributed by atoms with van der Waals surface area (Å²) in [4.78, 5) is 9.04. The third kappa shape index (κ3) is 4.51. The average molecular weight is 423 g/mol. The molecule has 2 aliphatic rings. The van der Waals surface area contributed by atoms with Crippen LogP contribution in [-0.2, 0) is 10.0 Å². The minimum Gasteiger partial charge on any atom is -0.357 e. The molecule has 9 heteroatoms. The van der Waals surface area contributed by atoms with Crippen molar-refractivity contribution in [3.63, 3.8) is 0 Å². The molecule has 0 saturated carbocycles. The van der Waals surface area contributed by atoms with Crippen molar-refractivity contribution in [2.75, 3.05) is 35.8 Å². The lowest BCUT2D eigenvalue weighted by molar-refractivity contribution is 0.207. The third-order valence-corrected chi connectivity index (χ3v) is 7.01. The van der Waals surface area contributed by atoms with Gasteiger partial charge in [0.25, 0.3) is 10.0 Å². The fourth-order valence-corrected chi connectivity index (χ4v) is 5.05. The van der Waals surface area contributed by atoms with Crippen LogP contribution < -0.4 is 9.62 Å². The van der Waals surface area contributed by atoms with Crippen molar-refractivity contribution in [2.45, 2.75) is 36.6 Å². The summed E-state index contributed by atoms with van der Waals surface area (Å²) < 4.78 is 53.6. The van der Waals surface area contributed by atoms with Crippen LogP contribution in [0.2, 0.25) is 0 Å². The largest absolute Gasteiger partial charge is 0.357 e. The van der Waals surface area contributed by atoms with Crippen LogP contribution in [-0.4, -0.2) is 50.5 Å². The van der Waals surface area contributed by atoms with E-state index >= 15 is 0 Å². The highest BCUT2D eigenvalue weighted by atomic mass is 32.2. The van der Waals surface area contributed by atoms with E-state index in [1.165, 1.54) is 44.3 Å². The first-order valence-corrected chi connectivity index (χ1v) is 11.3. The summed E-state index contributed by atoms with van der Waals surface area (Å²) in [6.45, 7) is 4.18. The number of nitrogens with zero attached hydrogens (tertiary/aromatic N) is 3. The lowest BCUT2D eigenvalue weighted by Gasteiger charge is -2.37. The van der Waals surface area contributed by atoms with E-state index in [1.807, 2.05) is 0 Å². The van der Waals surface area contributed by atoms with Gasteiger partial charge in [-0.3, -0.25) is 4.72 Å². The van der Waals surface area contributed by atoms with Crippen LogP contribution in [0.4, 0.5) is 20.3 Å². The van der Waals surface area contributed by atoms with Crippen molar-refractivity contribution in [1.82, 2.24) is 9.88 Å². The molecule has 0 amide bonds. The van der Waals surface area contributed by atoms with Gasteiger partial charge in [-0.15, -0.1) is 0 Å². The van der Waals surface area contributed by atoms with Gasteiger partial charge >= 0.3 is 0 Å². The first-order valence-electron chi connectivity index (χ1n) is 9.85. The predicted molar refractivity (Wildman–Crippen MR) is 107 cm³/mol. The van der Waals surface area contributed by atoms with Gasteiger partial charge in [-0.05, 0) is 63.0 Å². The number of piperidine rings is 1. The number of aromatic nitrogens is 1. The molecule has 2 aromatic rings. The van der Waals surface area contributed by atoms with Gasteiger partial charge in [0.1, 0.15) is 10.7 Å². The molecule has 3 heterocycles. The Bertz CT molecular complexity index is 955. The molecule has 0 radical (unpaired) electrons. The van der Waals surface area contributed by atoms with Crippen molar-refractivity contribution < 1.29 is 17.2 Å². The van der Waals surface area contributed by atoms with E-state index in [-0.39, 0.29) is 10.6 Å². The number of anilines is 2. The summed E-state index contributed by atoms with van der Waals surface area (Å²) in [5.41, 5.74) is -0.0445. The Balaban J connectivity index is 1.40. The molecule has 0 unspecified atom stereocenters. The Morgan fingerprint density at radius 2 is 1.69 bits per heavy atom. The van der Waals surface area contributed by atoms with Gasteiger partial charge in [0.2, 0.25) is 0 Å². The zero-order valence-electron chi connectivity index (χ0n) is 16.0. The maximum absolute atomic E-state index is 13.3. The van der Waals surface area contributed by atoms with Crippen LogP contribution in [0.15, 0.2) is 41.4 Å². The first-order chi connectivity index (χ1) is 13.9. The molecule has 4 rings (SSSR count). The van der Waals surface area contributed by atoms with E-state index in [4.69, 9.17) is 0 Å². The number of hydrogen-bond donors (Lipinski definition) is 1. The van der Waals surface area contributed by atoms with Gasteiger partial charge < -0.3 is 9.80 Å². The summed E-state index contributed by atoms with van der Waals surface area (Å²) >= 11 is 0. The molecular formula is C20H24F2N4O2S. The van der Waals surface area contributed by atoms with E-state index in [1.54, 1.807) is 6.07 Å². The van der Waals surface area contributed by atoms with Crippen molar-refractivity contribution in [2.24, 2.45) is 0 Å². The van der Waals surface area contributed by atoms with Gasteiger partial charge in [0, 0.05) is 31.4 Å². The fraction of sp³-hybridized carbons (Fsp3) is 0.450. The van der Waals surface area contributed by atoms with Crippen molar-refractivity contribution in [1.29, 1.82) is 0 Å². The molecule has 156 valence electrons. The summed E-state index contributed by atoms with van der Waals surface area (Å²) in [6, 6.07) is 6.66. The molecule has 0 aliphatic carbocycles. The lowest BCUT2D eigenvalue weighted by atomic mass is 10.0. The van der Waals surface area contributed by atoms with Gasteiger partial charge in [-0.25, -0.2) is 22.2 Å². The highest BCUT2D eigenvalue weighted by Crippen LogP contribution is 2.25. The van der Waals surface area contributed by atoms with E-state index in [9.17, 15) is 17.2 Å². The molecule has 2 saturated heterocycles. The van der Waals surface area contributed by atoms with Crippen molar-refractivity contribution in [3.05, 3.63) is 48.2 Å². The van der Waals surface area contributed by atoms with Gasteiger partial charge in [0.15, 0.2) is 11.6 Å². The van der Waals surface area contributed by atoms with E-state index < -0.39 is 21.7 Å². The van der Waals surface area contributed by atoms with Crippen LogP contribution in [0, 0.1) is 11.6 Å². The average Bonchev–Trinajstić information content (AvgIpc) is 3.26. The lowest BCUT2D eigenvalue weighted by Crippen LogP contribution is -2.44. The zero-order valence-corrected chi connectivity index (χ0v) is 16.8. The molecule has 2 fully saturated rings. The normalized spacial score (nSPS) is 18.9. The third-order valence-electron chi connectivity index (χ3n) is 5.65. The quantitative estimate of drug-likeness (QED) is 0.802. The minimum atomic E-state index is -3.94. The molecule has 1 aromatic heterocycles. The Morgan fingerprint density at radius 3 is 2.31 bits per heavy atom. The summed E-state index contributed by atoms with van der Waals surface area (Å²) in [6.07, 6.45) is 6.04. The monoisotopic (exact) mass is 422 g/mol. The van der Waals surface area contributed by atoms with E-state index in [0.29, 0.717) is 6.04 Å². The van der Waals surface area contributed by atoms with Crippen LogP contribution in [0.3, 0.4) is 0 Å². The maximum atomic E-state index is 13.3. The minimum absolute atomic E-state index is 0.0297. The number of hydrogen-bond acceptors (Lipinski definition) is 5. The smallest absolute Gasteiger partial charge is 0.263 e. The molecule has 6 nitrogen and oxygen atoms in total. The Morgan fingerprint density at radius 1 is 0.966 bits per heavy atom. The Labute approximate surface area is 169 Å². The Kier molecular flexibility index (Phi) is 5.69. The number of nitrogens with one attached hydrogen (secondary N) is 1. The number of rotatable bonds is 5. The van der Waals surface area contributed by atoms with Crippen LogP contribution in [0.5, 0.6) is 0 Å². The number of benzene rings is 1. The summed E-state index contributed by atoms with van der Waals surface area (Å²) in [7, 11) is -3.94. The van der Waals surface area contributed by atoms with Crippen LogP contribution in [0.1, 0.15) is 25.7 Å². The molecule has 0 atom stereocenters. The number of likely N-dealkylation sites (tertiary alicyclic amines) is 1. The van der Waals surface area contributed by atoms with Gasteiger partial charge in [0.05, 0.1) is 5.69 Å². The SMILES string of the molecule is O=S(=O)(Nc1ccc(F)c(F)c1)c1ccc(N2CCC(N3CCCC3)CC2)nc1. The van der Waals surface area contributed by atoms with E-state index in [0.717, 1.165) is 43.9 Å². The molecule has 1 aromatic carbocycles. The molecular weight excluding hydrogens is 398 g/mol. The summed E-state index contributed by atoms with van der Waals surface area (Å²) in [5, 5.41) is 0. The second kappa shape index (κ2) is 8.23. The second-order valence-corrected chi connectivity index (χ2v) is 9.23. The second-order valence-electron chi connectivity index (χ2n) is 7.55. The zero-order chi connectivity index (χ0) is 20.4.